The molecule has 1 aromatic heterocycles. The second-order valence-electron chi connectivity index (χ2n) is 3.70. The second-order valence-corrected chi connectivity index (χ2v) is 3.70. The van der Waals surface area contributed by atoms with Crippen LogP contribution in [0.2, 0.25) is 0 Å². The van der Waals surface area contributed by atoms with Crippen molar-refractivity contribution < 1.29 is 9.26 Å². The summed E-state index contributed by atoms with van der Waals surface area (Å²) in [5, 5.41) is 7.12. The van der Waals surface area contributed by atoms with Gasteiger partial charge in [-0.25, -0.2) is 0 Å². The van der Waals surface area contributed by atoms with Gasteiger partial charge in [-0.05, 0) is 19.8 Å². The molecule has 1 fully saturated rings. The van der Waals surface area contributed by atoms with Crippen molar-refractivity contribution in [2.75, 3.05) is 13.2 Å². The zero-order valence-electron chi connectivity index (χ0n) is 8.45. The summed E-state index contributed by atoms with van der Waals surface area (Å²) in [6, 6.07) is 1.95. The molecule has 2 heterocycles. The van der Waals surface area contributed by atoms with E-state index in [1.807, 2.05) is 13.0 Å². The Kier molecular flexibility index (Phi) is 3.16. The SMILES string of the molecule is Cc1cc(CNCC2CCCO2)on1. The Labute approximate surface area is 83.6 Å². The summed E-state index contributed by atoms with van der Waals surface area (Å²) in [6.45, 7) is 4.47. The Hall–Kier alpha value is -0.870. The van der Waals surface area contributed by atoms with E-state index in [1.54, 1.807) is 0 Å². The van der Waals surface area contributed by atoms with Crippen molar-refractivity contribution in [1.82, 2.24) is 10.5 Å². The molecule has 1 N–H and O–H groups in total. The number of aromatic nitrogens is 1. The van der Waals surface area contributed by atoms with Crippen LogP contribution < -0.4 is 5.32 Å². The van der Waals surface area contributed by atoms with Crippen LogP contribution in [0.4, 0.5) is 0 Å². The molecule has 0 saturated carbocycles. The van der Waals surface area contributed by atoms with E-state index in [0.717, 1.165) is 31.2 Å². The Morgan fingerprint density at radius 3 is 3.21 bits per heavy atom. The fourth-order valence-electron chi connectivity index (χ4n) is 1.66. The number of nitrogens with zero attached hydrogens (tertiary/aromatic N) is 1. The smallest absolute Gasteiger partial charge is 0.150 e. The molecule has 0 radical (unpaired) electrons. The van der Waals surface area contributed by atoms with Gasteiger partial charge in [0.15, 0.2) is 5.76 Å². The van der Waals surface area contributed by atoms with E-state index in [4.69, 9.17) is 9.26 Å². The molecule has 1 aliphatic rings. The fraction of sp³-hybridized carbons (Fsp3) is 0.700. The molecule has 4 nitrogen and oxygen atoms in total. The molecule has 1 unspecified atom stereocenters. The topological polar surface area (TPSA) is 47.3 Å². The van der Waals surface area contributed by atoms with Crippen molar-refractivity contribution >= 4 is 0 Å². The van der Waals surface area contributed by atoms with Gasteiger partial charge < -0.3 is 14.6 Å². The van der Waals surface area contributed by atoms with E-state index in [-0.39, 0.29) is 0 Å². The summed E-state index contributed by atoms with van der Waals surface area (Å²) in [7, 11) is 0. The van der Waals surface area contributed by atoms with Crippen LogP contribution in [-0.2, 0) is 11.3 Å². The van der Waals surface area contributed by atoms with Gasteiger partial charge in [0.1, 0.15) is 0 Å². The summed E-state index contributed by atoms with van der Waals surface area (Å²) in [6.07, 6.45) is 2.75. The van der Waals surface area contributed by atoms with Crippen molar-refractivity contribution in [3.8, 4) is 0 Å². The second kappa shape index (κ2) is 4.57. The number of nitrogens with one attached hydrogen (secondary N) is 1. The largest absolute Gasteiger partial charge is 0.377 e. The third kappa shape index (κ3) is 2.56. The minimum Gasteiger partial charge on any atom is -0.377 e. The minimum absolute atomic E-state index is 0.388. The van der Waals surface area contributed by atoms with E-state index in [0.29, 0.717) is 6.10 Å². The van der Waals surface area contributed by atoms with Crippen LogP contribution in [-0.4, -0.2) is 24.4 Å². The van der Waals surface area contributed by atoms with Gasteiger partial charge in [-0.3, -0.25) is 0 Å². The van der Waals surface area contributed by atoms with Gasteiger partial charge >= 0.3 is 0 Å². The Balaban J connectivity index is 1.67. The number of rotatable bonds is 4. The zero-order valence-corrected chi connectivity index (χ0v) is 8.45. The molecule has 0 amide bonds. The van der Waals surface area contributed by atoms with Crippen molar-refractivity contribution in [2.45, 2.75) is 32.4 Å². The maximum atomic E-state index is 5.49. The van der Waals surface area contributed by atoms with Crippen molar-refractivity contribution in [1.29, 1.82) is 0 Å². The van der Waals surface area contributed by atoms with Gasteiger partial charge in [-0.1, -0.05) is 5.16 Å². The van der Waals surface area contributed by atoms with E-state index in [9.17, 15) is 0 Å². The average molecular weight is 196 g/mol. The molecule has 0 aromatic carbocycles. The highest BCUT2D eigenvalue weighted by Crippen LogP contribution is 2.10. The molecule has 0 spiro atoms. The van der Waals surface area contributed by atoms with Crippen molar-refractivity contribution in [3.63, 3.8) is 0 Å². The quantitative estimate of drug-likeness (QED) is 0.787. The van der Waals surface area contributed by atoms with E-state index in [2.05, 4.69) is 10.5 Å². The summed E-state index contributed by atoms with van der Waals surface area (Å²) in [5.74, 6) is 0.889. The van der Waals surface area contributed by atoms with Crippen LogP contribution in [0.25, 0.3) is 0 Å². The monoisotopic (exact) mass is 196 g/mol. The Bertz CT molecular complexity index is 279. The standard InChI is InChI=1S/C10H16N2O2/c1-8-5-10(14-12-8)7-11-6-9-3-2-4-13-9/h5,9,11H,2-4,6-7H2,1H3. The van der Waals surface area contributed by atoms with Gasteiger partial charge in [-0.2, -0.15) is 0 Å². The lowest BCUT2D eigenvalue weighted by Crippen LogP contribution is -2.25. The number of aryl methyl sites for hydroxylation is 1. The fourth-order valence-corrected chi connectivity index (χ4v) is 1.66. The Morgan fingerprint density at radius 2 is 2.57 bits per heavy atom. The van der Waals surface area contributed by atoms with E-state index < -0.39 is 0 Å². The van der Waals surface area contributed by atoms with Crippen LogP contribution in [0, 0.1) is 6.92 Å². The first kappa shape index (κ1) is 9.68. The van der Waals surface area contributed by atoms with Crippen LogP contribution in [0.1, 0.15) is 24.3 Å². The lowest BCUT2D eigenvalue weighted by Gasteiger charge is -2.08. The van der Waals surface area contributed by atoms with Gasteiger partial charge in [0.2, 0.25) is 0 Å². The first-order valence-corrected chi connectivity index (χ1v) is 5.09. The minimum atomic E-state index is 0.388. The number of hydrogen-bond acceptors (Lipinski definition) is 4. The maximum Gasteiger partial charge on any atom is 0.150 e. The predicted octanol–water partition coefficient (Wildman–Crippen LogP) is 1.25. The highest BCUT2D eigenvalue weighted by molar-refractivity contribution is 5.02. The van der Waals surface area contributed by atoms with Crippen LogP contribution in [0.3, 0.4) is 0 Å². The molecule has 78 valence electrons. The molecule has 1 aliphatic heterocycles. The molecule has 0 bridgehead atoms. The molecular weight excluding hydrogens is 180 g/mol. The molecule has 14 heavy (non-hydrogen) atoms. The zero-order chi connectivity index (χ0) is 9.80. The molecule has 1 saturated heterocycles. The summed E-state index contributed by atoms with van der Waals surface area (Å²) in [5.41, 5.74) is 0.930. The van der Waals surface area contributed by atoms with Crippen LogP contribution in [0.5, 0.6) is 0 Å². The van der Waals surface area contributed by atoms with Gasteiger partial charge in [0.25, 0.3) is 0 Å². The molecule has 0 aliphatic carbocycles. The summed E-state index contributed by atoms with van der Waals surface area (Å²) >= 11 is 0. The predicted molar refractivity (Wildman–Crippen MR) is 51.9 cm³/mol. The first-order valence-electron chi connectivity index (χ1n) is 5.09. The van der Waals surface area contributed by atoms with E-state index in [1.165, 1.54) is 12.8 Å². The average Bonchev–Trinajstić information content (AvgIpc) is 2.77. The Morgan fingerprint density at radius 1 is 1.64 bits per heavy atom. The van der Waals surface area contributed by atoms with Gasteiger partial charge in [0.05, 0.1) is 18.3 Å². The lowest BCUT2D eigenvalue weighted by atomic mass is 10.2. The van der Waals surface area contributed by atoms with Crippen LogP contribution >= 0.6 is 0 Å². The van der Waals surface area contributed by atoms with Gasteiger partial charge in [0, 0.05) is 19.2 Å². The van der Waals surface area contributed by atoms with Crippen molar-refractivity contribution in [2.24, 2.45) is 0 Å². The van der Waals surface area contributed by atoms with Gasteiger partial charge in [-0.15, -0.1) is 0 Å². The van der Waals surface area contributed by atoms with E-state index >= 15 is 0 Å². The molecule has 1 atom stereocenters. The third-order valence-corrected chi connectivity index (χ3v) is 2.37. The highest BCUT2D eigenvalue weighted by Gasteiger charge is 2.14. The third-order valence-electron chi connectivity index (χ3n) is 2.37. The molecule has 1 aromatic rings. The molecular formula is C10H16N2O2. The lowest BCUT2D eigenvalue weighted by molar-refractivity contribution is 0.109. The van der Waals surface area contributed by atoms with Crippen molar-refractivity contribution in [3.05, 3.63) is 17.5 Å². The highest BCUT2D eigenvalue weighted by atomic mass is 16.5. The molecule has 2 rings (SSSR count). The normalized spacial score (nSPS) is 21.6. The maximum absolute atomic E-state index is 5.49. The first-order chi connectivity index (χ1) is 6.84. The number of hydrogen-bond donors (Lipinski definition) is 1. The summed E-state index contributed by atoms with van der Waals surface area (Å²) < 4.78 is 10.6. The summed E-state index contributed by atoms with van der Waals surface area (Å²) in [4.78, 5) is 0. The van der Waals surface area contributed by atoms with Crippen LogP contribution in [0.15, 0.2) is 10.6 Å². The molecule has 4 heteroatoms. The number of ether oxygens (including phenoxy) is 1.